The average molecular weight is 249 g/mol. The van der Waals surface area contributed by atoms with E-state index in [1.807, 2.05) is 6.92 Å². The molecule has 0 bridgehead atoms. The molecular weight excluding hydrogens is 230 g/mol. The van der Waals surface area contributed by atoms with Gasteiger partial charge in [-0.25, -0.2) is 4.79 Å². The number of carbonyl (C=O) groups excluding carboxylic acids is 1. The van der Waals surface area contributed by atoms with Crippen LogP contribution in [0, 0.1) is 0 Å². The first-order valence-corrected chi connectivity index (χ1v) is 6.09. The second-order valence-electron chi connectivity index (χ2n) is 4.59. The van der Waals surface area contributed by atoms with Crippen molar-refractivity contribution in [1.82, 2.24) is 4.90 Å². The van der Waals surface area contributed by atoms with Crippen LogP contribution >= 0.6 is 0 Å². The van der Waals surface area contributed by atoms with Crippen LogP contribution in [0.2, 0.25) is 0 Å². The Balaban J connectivity index is 1.97. The van der Waals surface area contributed by atoms with Crippen molar-refractivity contribution in [3.8, 4) is 0 Å². The minimum Gasteiger partial charge on any atom is -0.399 e. The van der Waals surface area contributed by atoms with Gasteiger partial charge in [0.1, 0.15) is 0 Å². The van der Waals surface area contributed by atoms with Crippen LogP contribution in [0.4, 0.5) is 16.2 Å². The molecule has 0 spiro atoms. The van der Waals surface area contributed by atoms with E-state index in [1.54, 1.807) is 36.2 Å². The van der Waals surface area contributed by atoms with E-state index in [-0.39, 0.29) is 18.2 Å². The molecule has 1 aromatic carbocycles. The molecule has 1 aliphatic heterocycles. The van der Waals surface area contributed by atoms with E-state index in [1.165, 1.54) is 0 Å². The number of amides is 2. The average Bonchev–Trinajstić information content (AvgIpc) is 2.77. The third-order valence-electron chi connectivity index (χ3n) is 3.32. The number of benzene rings is 1. The summed E-state index contributed by atoms with van der Waals surface area (Å²) in [5, 5.41) is 2.84. The molecule has 2 unspecified atom stereocenters. The molecule has 98 valence electrons. The predicted molar refractivity (Wildman–Crippen MR) is 71.5 cm³/mol. The van der Waals surface area contributed by atoms with Gasteiger partial charge in [0, 0.05) is 25.0 Å². The molecular formula is C13H19N3O2. The number of ether oxygens (including phenoxy) is 1. The van der Waals surface area contributed by atoms with Crippen LogP contribution in [0.15, 0.2) is 24.3 Å². The summed E-state index contributed by atoms with van der Waals surface area (Å²) in [6.45, 7) is 2.70. The third-order valence-corrected chi connectivity index (χ3v) is 3.32. The van der Waals surface area contributed by atoms with Crippen LogP contribution in [-0.2, 0) is 4.74 Å². The zero-order valence-electron chi connectivity index (χ0n) is 10.7. The molecule has 2 atom stereocenters. The maximum Gasteiger partial charge on any atom is 0.321 e. The lowest BCUT2D eigenvalue weighted by atomic mass is 10.1. The molecule has 5 nitrogen and oxygen atoms in total. The second-order valence-corrected chi connectivity index (χ2v) is 4.59. The molecule has 5 heteroatoms. The Labute approximate surface area is 107 Å². The number of carbonyl (C=O) groups is 1. The normalized spacial score (nSPS) is 22.8. The van der Waals surface area contributed by atoms with Gasteiger partial charge in [-0.15, -0.1) is 0 Å². The smallest absolute Gasteiger partial charge is 0.321 e. The van der Waals surface area contributed by atoms with Crippen molar-refractivity contribution < 1.29 is 9.53 Å². The number of likely N-dealkylation sites (N-methyl/N-ethyl adjacent to an activating group) is 1. The van der Waals surface area contributed by atoms with E-state index in [2.05, 4.69) is 5.32 Å². The van der Waals surface area contributed by atoms with Gasteiger partial charge in [0.25, 0.3) is 0 Å². The lowest BCUT2D eigenvalue weighted by Crippen LogP contribution is -2.43. The minimum atomic E-state index is -0.123. The molecule has 0 saturated carbocycles. The highest BCUT2D eigenvalue weighted by Gasteiger charge is 2.30. The number of nitrogens with two attached hydrogens (primary N) is 1. The first-order valence-electron chi connectivity index (χ1n) is 6.09. The fourth-order valence-electron chi connectivity index (χ4n) is 2.16. The van der Waals surface area contributed by atoms with Crippen LogP contribution in [0.3, 0.4) is 0 Å². The summed E-state index contributed by atoms with van der Waals surface area (Å²) in [5.74, 6) is 0. The Morgan fingerprint density at radius 3 is 2.67 bits per heavy atom. The SMILES string of the molecule is CC1OCCC1N(C)C(=O)Nc1ccc(N)cc1. The lowest BCUT2D eigenvalue weighted by Gasteiger charge is -2.26. The van der Waals surface area contributed by atoms with Gasteiger partial charge >= 0.3 is 6.03 Å². The lowest BCUT2D eigenvalue weighted by molar-refractivity contribution is 0.0929. The van der Waals surface area contributed by atoms with E-state index in [9.17, 15) is 4.79 Å². The number of nitrogens with one attached hydrogen (secondary N) is 1. The molecule has 1 aliphatic rings. The van der Waals surface area contributed by atoms with Crippen LogP contribution in [-0.4, -0.2) is 36.7 Å². The molecule has 0 radical (unpaired) electrons. The standard InChI is InChI=1S/C13H19N3O2/c1-9-12(7-8-18-9)16(2)13(17)15-11-5-3-10(14)4-6-11/h3-6,9,12H,7-8,14H2,1-2H3,(H,15,17). The molecule has 0 aliphatic carbocycles. The Kier molecular flexibility index (Phi) is 3.72. The van der Waals surface area contributed by atoms with Crippen molar-refractivity contribution in [3.05, 3.63) is 24.3 Å². The highest BCUT2D eigenvalue weighted by Crippen LogP contribution is 2.19. The molecule has 2 amide bonds. The summed E-state index contributed by atoms with van der Waals surface area (Å²) in [6.07, 6.45) is 0.972. The van der Waals surface area contributed by atoms with E-state index in [4.69, 9.17) is 10.5 Å². The van der Waals surface area contributed by atoms with Gasteiger partial charge in [-0.05, 0) is 37.6 Å². The first-order chi connectivity index (χ1) is 8.58. The van der Waals surface area contributed by atoms with Crippen molar-refractivity contribution in [2.45, 2.75) is 25.5 Å². The van der Waals surface area contributed by atoms with E-state index >= 15 is 0 Å². The molecule has 1 saturated heterocycles. The number of nitrogen functional groups attached to an aromatic ring is 1. The quantitative estimate of drug-likeness (QED) is 0.787. The second kappa shape index (κ2) is 5.27. The van der Waals surface area contributed by atoms with Crippen molar-refractivity contribution in [2.24, 2.45) is 0 Å². The summed E-state index contributed by atoms with van der Waals surface area (Å²) in [5.41, 5.74) is 7.02. The Bertz CT molecular complexity index is 419. The van der Waals surface area contributed by atoms with E-state index in [0.29, 0.717) is 12.3 Å². The fraction of sp³-hybridized carbons (Fsp3) is 0.462. The predicted octanol–water partition coefficient (Wildman–Crippen LogP) is 1.91. The van der Waals surface area contributed by atoms with Crippen LogP contribution in [0.5, 0.6) is 0 Å². The summed E-state index contributed by atoms with van der Waals surface area (Å²) >= 11 is 0. The van der Waals surface area contributed by atoms with Crippen molar-refractivity contribution in [3.63, 3.8) is 0 Å². The molecule has 2 rings (SSSR count). The highest BCUT2D eigenvalue weighted by atomic mass is 16.5. The van der Waals surface area contributed by atoms with Gasteiger partial charge in [0.05, 0.1) is 12.1 Å². The van der Waals surface area contributed by atoms with Crippen LogP contribution in [0.1, 0.15) is 13.3 Å². The largest absolute Gasteiger partial charge is 0.399 e. The van der Waals surface area contributed by atoms with Gasteiger partial charge in [-0.3, -0.25) is 0 Å². The third kappa shape index (κ3) is 2.73. The van der Waals surface area contributed by atoms with Gasteiger partial charge in [-0.2, -0.15) is 0 Å². The molecule has 1 heterocycles. The van der Waals surface area contributed by atoms with Gasteiger partial charge in [0.15, 0.2) is 0 Å². The van der Waals surface area contributed by atoms with Crippen molar-refractivity contribution in [1.29, 1.82) is 0 Å². The number of urea groups is 1. The number of hydrogen-bond acceptors (Lipinski definition) is 3. The number of hydrogen-bond donors (Lipinski definition) is 2. The molecule has 0 aromatic heterocycles. The Morgan fingerprint density at radius 2 is 2.11 bits per heavy atom. The van der Waals surface area contributed by atoms with Gasteiger partial charge in [-0.1, -0.05) is 0 Å². The summed E-state index contributed by atoms with van der Waals surface area (Å²) < 4.78 is 5.46. The first kappa shape index (κ1) is 12.7. The van der Waals surface area contributed by atoms with Crippen molar-refractivity contribution in [2.75, 3.05) is 24.7 Å². The molecule has 3 N–H and O–H groups in total. The zero-order valence-corrected chi connectivity index (χ0v) is 10.7. The number of rotatable bonds is 2. The zero-order chi connectivity index (χ0) is 13.1. The maximum atomic E-state index is 12.1. The molecule has 1 aromatic rings. The molecule has 1 fully saturated rings. The summed E-state index contributed by atoms with van der Waals surface area (Å²) in [7, 11) is 1.79. The monoisotopic (exact) mass is 249 g/mol. The summed E-state index contributed by atoms with van der Waals surface area (Å²) in [6, 6.07) is 7.11. The van der Waals surface area contributed by atoms with E-state index < -0.39 is 0 Å². The Hall–Kier alpha value is -1.75. The summed E-state index contributed by atoms with van der Waals surface area (Å²) in [4.78, 5) is 13.8. The topological polar surface area (TPSA) is 67.6 Å². The fourth-order valence-corrected chi connectivity index (χ4v) is 2.16. The highest BCUT2D eigenvalue weighted by molar-refractivity contribution is 5.89. The van der Waals surface area contributed by atoms with Crippen LogP contribution < -0.4 is 11.1 Å². The minimum absolute atomic E-state index is 0.0900. The van der Waals surface area contributed by atoms with E-state index in [0.717, 1.165) is 12.1 Å². The van der Waals surface area contributed by atoms with Gasteiger partial charge in [0.2, 0.25) is 0 Å². The van der Waals surface area contributed by atoms with Crippen molar-refractivity contribution >= 4 is 17.4 Å². The maximum absolute atomic E-state index is 12.1. The van der Waals surface area contributed by atoms with Crippen LogP contribution in [0.25, 0.3) is 0 Å². The van der Waals surface area contributed by atoms with Gasteiger partial charge < -0.3 is 20.7 Å². The molecule has 18 heavy (non-hydrogen) atoms. The Morgan fingerprint density at radius 1 is 1.44 bits per heavy atom. The number of nitrogens with zero attached hydrogens (tertiary/aromatic N) is 1. The number of anilines is 2.